The molecule has 0 aliphatic carbocycles. The quantitative estimate of drug-likeness (QED) is 0.597. The van der Waals surface area contributed by atoms with Gasteiger partial charge in [-0.05, 0) is 29.8 Å². The molecule has 4 rings (SSSR count). The first kappa shape index (κ1) is 21.6. The van der Waals surface area contributed by atoms with Crippen molar-refractivity contribution in [2.45, 2.75) is 12.6 Å². The largest absolute Gasteiger partial charge is 0.497 e. The highest BCUT2D eigenvalue weighted by molar-refractivity contribution is 5.98. The molecule has 1 aromatic heterocycles. The van der Waals surface area contributed by atoms with E-state index in [4.69, 9.17) is 9.47 Å². The van der Waals surface area contributed by atoms with E-state index in [-0.39, 0.29) is 11.9 Å². The molecule has 3 aromatic rings. The third kappa shape index (κ3) is 4.84. The van der Waals surface area contributed by atoms with E-state index < -0.39 is 0 Å². The summed E-state index contributed by atoms with van der Waals surface area (Å²) in [6, 6.07) is 19.7. The summed E-state index contributed by atoms with van der Waals surface area (Å²) >= 11 is 0. The van der Waals surface area contributed by atoms with E-state index in [0.29, 0.717) is 29.4 Å². The van der Waals surface area contributed by atoms with Gasteiger partial charge in [0.2, 0.25) is 0 Å². The molecule has 2 aromatic carbocycles. The number of carbonyl (C=O) groups excluding carboxylic acids is 1. The number of piperazine rings is 1. The molecule has 0 radical (unpaired) electrons. The number of nitrogens with one attached hydrogen (secondary N) is 2. The molecule has 1 unspecified atom stereocenters. The Morgan fingerprint density at radius 3 is 2.75 bits per heavy atom. The molecule has 2 N–H and O–H groups in total. The third-order valence-corrected chi connectivity index (χ3v) is 5.64. The van der Waals surface area contributed by atoms with E-state index in [2.05, 4.69) is 32.7 Å². The minimum Gasteiger partial charge on any atom is -0.497 e. The number of nitrogens with zero attached hydrogens (tertiary/aromatic N) is 2. The van der Waals surface area contributed by atoms with Gasteiger partial charge in [-0.15, -0.1) is 0 Å². The molecule has 1 saturated heterocycles. The van der Waals surface area contributed by atoms with E-state index in [9.17, 15) is 4.79 Å². The lowest BCUT2D eigenvalue weighted by Gasteiger charge is -2.35. The summed E-state index contributed by atoms with van der Waals surface area (Å²) in [4.78, 5) is 19.8. The standard InChI is InChI=1S/C25H28N4O3/c1-31-20-11-10-19(23(15-20)32-2)16-28-25(30)21-9-6-12-27-24(21)29-14-13-26-22(17-29)18-7-4-3-5-8-18/h3-12,15,22,26H,13-14,16-17H2,1-2H3,(H,28,30). The van der Waals surface area contributed by atoms with E-state index in [1.165, 1.54) is 5.56 Å². The molecule has 32 heavy (non-hydrogen) atoms. The molecule has 0 spiro atoms. The fraction of sp³-hybridized carbons (Fsp3) is 0.280. The van der Waals surface area contributed by atoms with Crippen LogP contribution in [0.15, 0.2) is 66.9 Å². The Labute approximate surface area is 188 Å². The van der Waals surface area contributed by atoms with Crippen LogP contribution in [-0.2, 0) is 6.54 Å². The van der Waals surface area contributed by atoms with E-state index in [1.807, 2.05) is 36.4 Å². The molecule has 2 heterocycles. The Bertz CT molecular complexity index is 1060. The third-order valence-electron chi connectivity index (χ3n) is 5.64. The number of hydrogen-bond donors (Lipinski definition) is 2. The summed E-state index contributed by atoms with van der Waals surface area (Å²) in [5, 5.41) is 6.57. The van der Waals surface area contributed by atoms with Crippen molar-refractivity contribution < 1.29 is 14.3 Å². The summed E-state index contributed by atoms with van der Waals surface area (Å²) in [5.74, 6) is 1.91. The van der Waals surface area contributed by atoms with Crippen LogP contribution in [-0.4, -0.2) is 44.7 Å². The molecule has 1 atom stereocenters. The van der Waals surface area contributed by atoms with Gasteiger partial charge in [-0.1, -0.05) is 30.3 Å². The van der Waals surface area contributed by atoms with Gasteiger partial charge >= 0.3 is 0 Å². The number of methoxy groups -OCH3 is 2. The lowest BCUT2D eigenvalue weighted by Crippen LogP contribution is -2.46. The first-order chi connectivity index (χ1) is 15.7. The van der Waals surface area contributed by atoms with E-state index in [1.54, 1.807) is 32.5 Å². The summed E-state index contributed by atoms with van der Waals surface area (Å²) in [7, 11) is 3.21. The lowest BCUT2D eigenvalue weighted by atomic mass is 10.0. The van der Waals surface area contributed by atoms with Crippen molar-refractivity contribution in [3.63, 3.8) is 0 Å². The van der Waals surface area contributed by atoms with E-state index in [0.717, 1.165) is 25.2 Å². The zero-order valence-electron chi connectivity index (χ0n) is 18.4. The van der Waals surface area contributed by atoms with Crippen molar-refractivity contribution in [1.82, 2.24) is 15.6 Å². The van der Waals surface area contributed by atoms with Gasteiger partial charge in [0.25, 0.3) is 5.91 Å². The molecule has 1 aliphatic rings. The number of amides is 1. The minimum absolute atomic E-state index is 0.166. The fourth-order valence-corrected chi connectivity index (χ4v) is 3.95. The zero-order chi connectivity index (χ0) is 22.3. The highest BCUT2D eigenvalue weighted by Crippen LogP contribution is 2.26. The van der Waals surface area contributed by atoms with Crippen LogP contribution in [0.25, 0.3) is 0 Å². The SMILES string of the molecule is COc1ccc(CNC(=O)c2cccnc2N2CCNC(c3ccccc3)C2)c(OC)c1. The monoisotopic (exact) mass is 432 g/mol. The van der Waals surface area contributed by atoms with Crippen LogP contribution in [0.5, 0.6) is 11.5 Å². The predicted octanol–water partition coefficient (Wildman–Crippen LogP) is 3.18. The summed E-state index contributed by atoms with van der Waals surface area (Å²) in [6.07, 6.45) is 1.73. The maximum Gasteiger partial charge on any atom is 0.255 e. The van der Waals surface area contributed by atoms with Gasteiger partial charge in [-0.2, -0.15) is 0 Å². The number of anilines is 1. The average molecular weight is 433 g/mol. The maximum absolute atomic E-state index is 13.1. The number of aromatic nitrogens is 1. The van der Waals surface area contributed by atoms with Crippen LogP contribution in [0.2, 0.25) is 0 Å². The summed E-state index contributed by atoms with van der Waals surface area (Å²) < 4.78 is 10.7. The highest BCUT2D eigenvalue weighted by atomic mass is 16.5. The number of carbonyl (C=O) groups is 1. The Kier molecular flexibility index (Phi) is 6.87. The van der Waals surface area contributed by atoms with Gasteiger partial charge in [0.05, 0.1) is 19.8 Å². The number of hydrogen-bond acceptors (Lipinski definition) is 6. The first-order valence-electron chi connectivity index (χ1n) is 10.7. The van der Waals surface area contributed by atoms with Crippen molar-refractivity contribution in [3.05, 3.63) is 83.6 Å². The fourth-order valence-electron chi connectivity index (χ4n) is 3.95. The van der Waals surface area contributed by atoms with Gasteiger partial charge in [0.1, 0.15) is 17.3 Å². The molecule has 7 nitrogen and oxygen atoms in total. The highest BCUT2D eigenvalue weighted by Gasteiger charge is 2.25. The van der Waals surface area contributed by atoms with Crippen LogP contribution in [0.1, 0.15) is 27.5 Å². The van der Waals surface area contributed by atoms with Crippen LogP contribution in [0.4, 0.5) is 5.82 Å². The second kappa shape index (κ2) is 10.2. The molecular weight excluding hydrogens is 404 g/mol. The molecule has 0 saturated carbocycles. The lowest BCUT2D eigenvalue weighted by molar-refractivity contribution is 0.0950. The van der Waals surface area contributed by atoms with Crippen molar-refractivity contribution >= 4 is 11.7 Å². The number of benzene rings is 2. The topological polar surface area (TPSA) is 75.7 Å². The Hall–Kier alpha value is -3.58. The first-order valence-corrected chi connectivity index (χ1v) is 10.7. The molecular formula is C25H28N4O3. The van der Waals surface area contributed by atoms with Gasteiger partial charge in [-0.25, -0.2) is 4.98 Å². The van der Waals surface area contributed by atoms with Crippen LogP contribution in [0.3, 0.4) is 0 Å². The van der Waals surface area contributed by atoms with E-state index >= 15 is 0 Å². The van der Waals surface area contributed by atoms with Crippen molar-refractivity contribution in [1.29, 1.82) is 0 Å². The number of ether oxygens (including phenoxy) is 2. The Balaban J connectivity index is 1.49. The molecule has 7 heteroatoms. The summed E-state index contributed by atoms with van der Waals surface area (Å²) in [6.45, 7) is 2.69. The van der Waals surface area contributed by atoms with Gasteiger partial charge in [0, 0.05) is 50.0 Å². The van der Waals surface area contributed by atoms with Crippen molar-refractivity contribution in [2.75, 3.05) is 38.8 Å². The Morgan fingerprint density at radius 2 is 1.97 bits per heavy atom. The zero-order valence-corrected chi connectivity index (χ0v) is 18.4. The summed E-state index contributed by atoms with van der Waals surface area (Å²) in [5.41, 5.74) is 2.66. The predicted molar refractivity (Wildman–Crippen MR) is 124 cm³/mol. The number of pyridine rings is 1. The molecule has 1 fully saturated rings. The normalized spacial score (nSPS) is 15.8. The number of rotatable bonds is 7. The van der Waals surface area contributed by atoms with Gasteiger partial charge in [-0.3, -0.25) is 4.79 Å². The van der Waals surface area contributed by atoms with Crippen LogP contribution < -0.4 is 25.0 Å². The van der Waals surface area contributed by atoms with Crippen molar-refractivity contribution in [3.8, 4) is 11.5 Å². The van der Waals surface area contributed by atoms with Gasteiger partial charge in [0.15, 0.2) is 0 Å². The van der Waals surface area contributed by atoms with Crippen LogP contribution in [0, 0.1) is 0 Å². The molecule has 0 bridgehead atoms. The molecule has 166 valence electrons. The van der Waals surface area contributed by atoms with Crippen molar-refractivity contribution in [2.24, 2.45) is 0 Å². The maximum atomic E-state index is 13.1. The van der Waals surface area contributed by atoms with Crippen LogP contribution >= 0.6 is 0 Å². The molecule has 1 amide bonds. The second-order valence-electron chi connectivity index (χ2n) is 7.60. The smallest absolute Gasteiger partial charge is 0.255 e. The van der Waals surface area contributed by atoms with Gasteiger partial charge < -0.3 is 25.0 Å². The minimum atomic E-state index is -0.166. The second-order valence-corrected chi connectivity index (χ2v) is 7.60. The molecule has 1 aliphatic heterocycles. The average Bonchev–Trinajstić information content (AvgIpc) is 2.87. The Morgan fingerprint density at radius 1 is 1.12 bits per heavy atom.